The third-order valence-electron chi connectivity index (χ3n) is 4.81. The molecule has 2 atom stereocenters. The Hall–Kier alpha value is -2.63. The monoisotopic (exact) mass is 328 g/mol. The summed E-state index contributed by atoms with van der Waals surface area (Å²) in [6.45, 7) is 1.98. The fourth-order valence-electron chi connectivity index (χ4n) is 3.66. The maximum absolute atomic E-state index is 13.3. The Balaban J connectivity index is 1.42. The van der Waals surface area contributed by atoms with E-state index in [9.17, 15) is 14.0 Å². The summed E-state index contributed by atoms with van der Waals surface area (Å²) in [5, 5.41) is 0. The summed E-state index contributed by atoms with van der Waals surface area (Å²) in [5.74, 6) is -0.158. The van der Waals surface area contributed by atoms with Gasteiger partial charge in [-0.3, -0.25) is 9.59 Å². The van der Waals surface area contributed by atoms with Crippen molar-refractivity contribution in [1.29, 1.82) is 0 Å². The van der Waals surface area contributed by atoms with E-state index in [1.165, 1.54) is 18.4 Å². The molecule has 0 unspecified atom stereocenters. The molecule has 0 radical (unpaired) electrons. The van der Waals surface area contributed by atoms with Crippen molar-refractivity contribution in [2.45, 2.75) is 6.54 Å². The van der Waals surface area contributed by atoms with Crippen molar-refractivity contribution in [2.75, 3.05) is 19.6 Å². The number of hydrogen-bond acceptors (Lipinski definition) is 3. The molecule has 2 aliphatic heterocycles. The number of furan rings is 1. The van der Waals surface area contributed by atoms with Crippen LogP contribution in [0.25, 0.3) is 0 Å². The van der Waals surface area contributed by atoms with E-state index in [4.69, 9.17) is 4.42 Å². The molecule has 1 aromatic heterocycles. The maximum Gasteiger partial charge on any atom is 0.289 e. The van der Waals surface area contributed by atoms with Gasteiger partial charge in [0.1, 0.15) is 5.82 Å². The van der Waals surface area contributed by atoms with Crippen LogP contribution in [0.3, 0.4) is 0 Å². The van der Waals surface area contributed by atoms with E-state index in [1.54, 1.807) is 28.0 Å². The first-order valence-corrected chi connectivity index (χ1v) is 7.98. The van der Waals surface area contributed by atoms with E-state index >= 15 is 0 Å². The number of carbonyl (C=O) groups excluding carboxylic acids is 2. The van der Waals surface area contributed by atoms with E-state index < -0.39 is 0 Å². The van der Waals surface area contributed by atoms with Crippen molar-refractivity contribution in [1.82, 2.24) is 9.80 Å². The number of fused-ring (bicyclic) bond motifs is 1. The summed E-state index contributed by atoms with van der Waals surface area (Å²) in [4.78, 5) is 28.4. The fraction of sp³-hybridized carbons (Fsp3) is 0.333. The third-order valence-corrected chi connectivity index (χ3v) is 4.81. The zero-order valence-electron chi connectivity index (χ0n) is 13.0. The van der Waals surface area contributed by atoms with Gasteiger partial charge in [-0.05, 0) is 29.8 Å². The second-order valence-electron chi connectivity index (χ2n) is 6.40. The summed E-state index contributed by atoms with van der Waals surface area (Å²) in [5.41, 5.74) is 0.784. The Morgan fingerprint density at radius 2 is 2.08 bits per heavy atom. The van der Waals surface area contributed by atoms with Gasteiger partial charge in [0.15, 0.2) is 5.76 Å². The predicted octanol–water partition coefficient (Wildman–Crippen LogP) is 2.15. The number of nitrogens with zero attached hydrogens (tertiary/aromatic N) is 2. The smallest absolute Gasteiger partial charge is 0.289 e. The van der Waals surface area contributed by atoms with Crippen LogP contribution < -0.4 is 0 Å². The minimum atomic E-state index is -0.297. The standard InChI is InChI=1S/C18H17FN2O3/c19-14-4-1-3-12(7-14)8-20-9-13-10-21(11-15(13)17(20)22)18(23)16-5-2-6-24-16/h1-7,13,15H,8-11H2/t13-,15+/m0/s1. The summed E-state index contributed by atoms with van der Waals surface area (Å²) in [6, 6.07) is 9.62. The number of likely N-dealkylation sites (tertiary alicyclic amines) is 2. The number of hydrogen-bond donors (Lipinski definition) is 0. The van der Waals surface area contributed by atoms with E-state index in [0.717, 1.165) is 5.56 Å². The Bertz CT molecular complexity index is 774. The van der Waals surface area contributed by atoms with Crippen molar-refractivity contribution in [3.63, 3.8) is 0 Å². The van der Waals surface area contributed by atoms with E-state index in [0.29, 0.717) is 31.9 Å². The van der Waals surface area contributed by atoms with Crippen LogP contribution in [0.1, 0.15) is 16.1 Å². The molecule has 3 heterocycles. The van der Waals surface area contributed by atoms with Crippen LogP contribution in [-0.4, -0.2) is 41.2 Å². The highest BCUT2D eigenvalue weighted by atomic mass is 19.1. The SMILES string of the molecule is O=C(c1ccco1)N1C[C@@H]2CN(Cc3cccc(F)c3)C(=O)[C@@H]2C1. The number of rotatable bonds is 3. The lowest BCUT2D eigenvalue weighted by molar-refractivity contribution is -0.131. The molecule has 0 bridgehead atoms. The molecule has 1 aromatic carbocycles. The Morgan fingerprint density at radius 1 is 1.21 bits per heavy atom. The van der Waals surface area contributed by atoms with Crippen LogP contribution in [0.2, 0.25) is 0 Å². The Kier molecular flexibility index (Phi) is 3.59. The van der Waals surface area contributed by atoms with E-state index in [-0.39, 0.29) is 29.5 Å². The molecule has 24 heavy (non-hydrogen) atoms. The largest absolute Gasteiger partial charge is 0.459 e. The van der Waals surface area contributed by atoms with Gasteiger partial charge in [0, 0.05) is 32.1 Å². The van der Waals surface area contributed by atoms with Crippen LogP contribution in [0, 0.1) is 17.7 Å². The van der Waals surface area contributed by atoms with Gasteiger partial charge in [0.25, 0.3) is 5.91 Å². The summed E-state index contributed by atoms with van der Waals surface area (Å²) in [6.07, 6.45) is 1.47. The van der Waals surface area contributed by atoms with Crippen molar-refractivity contribution >= 4 is 11.8 Å². The summed E-state index contributed by atoms with van der Waals surface area (Å²) >= 11 is 0. The third kappa shape index (κ3) is 2.58. The lowest BCUT2D eigenvalue weighted by Gasteiger charge is -2.21. The van der Waals surface area contributed by atoms with Crippen molar-refractivity contribution in [3.8, 4) is 0 Å². The number of benzene rings is 1. The molecule has 0 spiro atoms. The summed E-state index contributed by atoms with van der Waals surface area (Å²) < 4.78 is 18.4. The lowest BCUT2D eigenvalue weighted by atomic mass is 10.0. The molecule has 2 aromatic rings. The maximum atomic E-state index is 13.3. The fourth-order valence-corrected chi connectivity index (χ4v) is 3.66. The van der Waals surface area contributed by atoms with E-state index in [1.807, 2.05) is 6.07 Å². The van der Waals surface area contributed by atoms with E-state index in [2.05, 4.69) is 0 Å². The molecule has 4 rings (SSSR count). The molecule has 2 saturated heterocycles. The molecule has 0 saturated carbocycles. The molecule has 0 aliphatic carbocycles. The highest BCUT2D eigenvalue weighted by Crippen LogP contribution is 2.33. The van der Waals surface area contributed by atoms with Gasteiger partial charge in [0.2, 0.25) is 5.91 Å². The highest BCUT2D eigenvalue weighted by Gasteiger charge is 2.47. The molecule has 2 amide bonds. The van der Waals surface area contributed by atoms with Gasteiger partial charge in [-0.15, -0.1) is 0 Å². The minimum absolute atomic E-state index is 0.0407. The minimum Gasteiger partial charge on any atom is -0.459 e. The Labute approximate surface area is 138 Å². The molecule has 0 N–H and O–H groups in total. The zero-order valence-corrected chi connectivity index (χ0v) is 13.0. The lowest BCUT2D eigenvalue weighted by Crippen LogP contribution is -2.35. The van der Waals surface area contributed by atoms with Gasteiger partial charge in [-0.1, -0.05) is 12.1 Å². The topological polar surface area (TPSA) is 53.8 Å². The van der Waals surface area contributed by atoms with Gasteiger partial charge in [-0.25, -0.2) is 4.39 Å². The first-order valence-electron chi connectivity index (χ1n) is 7.98. The van der Waals surface area contributed by atoms with Gasteiger partial charge in [-0.2, -0.15) is 0 Å². The van der Waals surface area contributed by atoms with Gasteiger partial charge < -0.3 is 14.2 Å². The molecular weight excluding hydrogens is 311 g/mol. The Morgan fingerprint density at radius 3 is 2.79 bits per heavy atom. The molecule has 2 fully saturated rings. The molecule has 2 aliphatic rings. The highest BCUT2D eigenvalue weighted by molar-refractivity contribution is 5.93. The zero-order chi connectivity index (χ0) is 16.7. The normalized spacial score (nSPS) is 23.0. The van der Waals surface area contributed by atoms with Gasteiger partial charge >= 0.3 is 0 Å². The molecule has 5 nitrogen and oxygen atoms in total. The van der Waals surface area contributed by atoms with Crippen LogP contribution in [0.15, 0.2) is 47.1 Å². The van der Waals surface area contributed by atoms with Crippen LogP contribution >= 0.6 is 0 Å². The predicted molar refractivity (Wildman–Crippen MR) is 83.4 cm³/mol. The second-order valence-corrected chi connectivity index (χ2v) is 6.40. The van der Waals surface area contributed by atoms with Crippen molar-refractivity contribution < 1.29 is 18.4 Å². The quantitative estimate of drug-likeness (QED) is 0.867. The number of amides is 2. The molecule has 124 valence electrons. The number of carbonyl (C=O) groups is 2. The summed E-state index contributed by atoms with van der Waals surface area (Å²) in [7, 11) is 0. The van der Waals surface area contributed by atoms with Crippen LogP contribution in [0.5, 0.6) is 0 Å². The van der Waals surface area contributed by atoms with Crippen LogP contribution in [0.4, 0.5) is 4.39 Å². The van der Waals surface area contributed by atoms with Crippen molar-refractivity contribution in [2.24, 2.45) is 11.8 Å². The average Bonchev–Trinajstić information content (AvgIpc) is 3.27. The second kappa shape index (κ2) is 5.78. The van der Waals surface area contributed by atoms with Crippen LogP contribution in [-0.2, 0) is 11.3 Å². The number of halogens is 1. The molecular formula is C18H17FN2O3. The average molecular weight is 328 g/mol. The molecule has 6 heteroatoms. The first kappa shape index (κ1) is 14.9. The van der Waals surface area contributed by atoms with Gasteiger partial charge in [0.05, 0.1) is 12.2 Å². The van der Waals surface area contributed by atoms with Crippen molar-refractivity contribution in [3.05, 3.63) is 59.8 Å². The first-order chi connectivity index (χ1) is 11.6.